The van der Waals surface area contributed by atoms with Gasteiger partial charge in [-0.05, 0) is 31.0 Å². The number of hydrogen-bond acceptors (Lipinski definition) is 4. The van der Waals surface area contributed by atoms with Gasteiger partial charge in [-0.2, -0.15) is 5.26 Å². The standard InChI is InChI=1S/C15H16N4/c1-10-5-6-12(7-11(10)2)15-17-13(9-16)8-14(18-15)19(3)4/h5-8H,1-4H3. The minimum atomic E-state index is 0.381. The summed E-state index contributed by atoms with van der Waals surface area (Å²) in [6.07, 6.45) is 0. The normalized spacial score (nSPS) is 10.1. The van der Waals surface area contributed by atoms with Crippen molar-refractivity contribution in [1.29, 1.82) is 5.26 Å². The number of aromatic nitrogens is 2. The van der Waals surface area contributed by atoms with E-state index in [1.165, 1.54) is 11.1 Å². The molecule has 1 aromatic heterocycles. The van der Waals surface area contributed by atoms with Crippen molar-refractivity contribution in [3.8, 4) is 17.5 Å². The molecule has 0 aliphatic heterocycles. The maximum Gasteiger partial charge on any atom is 0.162 e. The van der Waals surface area contributed by atoms with Crippen LogP contribution in [0.1, 0.15) is 16.8 Å². The highest BCUT2D eigenvalue weighted by atomic mass is 15.1. The quantitative estimate of drug-likeness (QED) is 0.824. The highest BCUT2D eigenvalue weighted by molar-refractivity contribution is 5.60. The van der Waals surface area contributed by atoms with Gasteiger partial charge in [0.15, 0.2) is 5.82 Å². The van der Waals surface area contributed by atoms with Gasteiger partial charge in [-0.1, -0.05) is 12.1 Å². The van der Waals surface area contributed by atoms with Crippen LogP contribution in [-0.4, -0.2) is 24.1 Å². The van der Waals surface area contributed by atoms with Gasteiger partial charge in [0.25, 0.3) is 0 Å². The average Bonchev–Trinajstić information content (AvgIpc) is 2.41. The predicted molar refractivity (Wildman–Crippen MR) is 76.0 cm³/mol. The highest BCUT2D eigenvalue weighted by Gasteiger charge is 2.08. The Balaban J connectivity index is 2.58. The molecule has 0 N–H and O–H groups in total. The number of nitrogens with zero attached hydrogens (tertiary/aromatic N) is 4. The molecule has 0 radical (unpaired) electrons. The molecule has 0 atom stereocenters. The molecule has 4 heteroatoms. The third kappa shape index (κ3) is 2.71. The molecule has 0 amide bonds. The van der Waals surface area contributed by atoms with Crippen molar-refractivity contribution in [2.45, 2.75) is 13.8 Å². The summed E-state index contributed by atoms with van der Waals surface area (Å²) in [7, 11) is 3.79. The second-order valence-electron chi connectivity index (χ2n) is 4.74. The first-order chi connectivity index (χ1) is 9.01. The number of anilines is 1. The second-order valence-corrected chi connectivity index (χ2v) is 4.74. The van der Waals surface area contributed by atoms with E-state index in [0.717, 1.165) is 11.4 Å². The summed E-state index contributed by atoms with van der Waals surface area (Å²) in [4.78, 5) is 10.6. The first-order valence-corrected chi connectivity index (χ1v) is 6.05. The lowest BCUT2D eigenvalue weighted by atomic mass is 10.1. The molecule has 2 rings (SSSR count). The van der Waals surface area contributed by atoms with Gasteiger partial charge in [0.2, 0.25) is 0 Å². The van der Waals surface area contributed by atoms with E-state index in [2.05, 4.69) is 29.9 Å². The molecule has 96 valence electrons. The average molecular weight is 252 g/mol. The van der Waals surface area contributed by atoms with Crippen molar-refractivity contribution in [3.05, 3.63) is 41.1 Å². The first kappa shape index (κ1) is 13.0. The van der Waals surface area contributed by atoms with Gasteiger partial charge in [-0.15, -0.1) is 0 Å². The summed E-state index contributed by atoms with van der Waals surface area (Å²) >= 11 is 0. The molecular formula is C15H16N4. The fourth-order valence-corrected chi connectivity index (χ4v) is 1.73. The lowest BCUT2D eigenvalue weighted by molar-refractivity contribution is 1.03. The summed E-state index contributed by atoms with van der Waals surface area (Å²) in [5, 5.41) is 9.06. The number of rotatable bonds is 2. The minimum Gasteiger partial charge on any atom is -0.363 e. The van der Waals surface area contributed by atoms with Crippen molar-refractivity contribution in [1.82, 2.24) is 9.97 Å². The lowest BCUT2D eigenvalue weighted by Crippen LogP contribution is -2.12. The van der Waals surface area contributed by atoms with Gasteiger partial charge < -0.3 is 4.90 Å². The molecular weight excluding hydrogens is 236 g/mol. The zero-order valence-electron chi connectivity index (χ0n) is 11.6. The molecule has 0 aliphatic rings. The van der Waals surface area contributed by atoms with Crippen LogP contribution in [0, 0.1) is 25.2 Å². The van der Waals surface area contributed by atoms with E-state index in [1.807, 2.05) is 37.2 Å². The van der Waals surface area contributed by atoms with Crippen LogP contribution < -0.4 is 4.90 Å². The summed E-state index contributed by atoms with van der Waals surface area (Å²) in [5.41, 5.74) is 3.73. The SMILES string of the molecule is Cc1ccc(-c2nc(C#N)cc(N(C)C)n2)cc1C. The van der Waals surface area contributed by atoms with Gasteiger partial charge in [-0.25, -0.2) is 9.97 Å². The van der Waals surface area contributed by atoms with Crippen molar-refractivity contribution >= 4 is 5.82 Å². The van der Waals surface area contributed by atoms with Crippen LogP contribution in [0.4, 0.5) is 5.82 Å². The maximum absolute atomic E-state index is 9.06. The van der Waals surface area contributed by atoms with Crippen LogP contribution in [0.25, 0.3) is 11.4 Å². The van der Waals surface area contributed by atoms with Crippen molar-refractivity contribution in [2.24, 2.45) is 0 Å². The van der Waals surface area contributed by atoms with E-state index in [9.17, 15) is 0 Å². The number of hydrogen-bond donors (Lipinski definition) is 0. The summed E-state index contributed by atoms with van der Waals surface area (Å²) in [6, 6.07) is 9.84. The largest absolute Gasteiger partial charge is 0.363 e. The fraction of sp³-hybridized carbons (Fsp3) is 0.267. The van der Waals surface area contributed by atoms with Gasteiger partial charge in [0.1, 0.15) is 17.6 Å². The molecule has 0 saturated heterocycles. The number of aryl methyl sites for hydroxylation is 2. The Morgan fingerprint density at radius 3 is 2.37 bits per heavy atom. The number of benzene rings is 1. The maximum atomic E-state index is 9.06. The molecule has 19 heavy (non-hydrogen) atoms. The van der Waals surface area contributed by atoms with Gasteiger partial charge in [0.05, 0.1) is 0 Å². The van der Waals surface area contributed by atoms with Crippen LogP contribution >= 0.6 is 0 Å². The van der Waals surface area contributed by atoms with E-state index in [1.54, 1.807) is 6.07 Å². The Bertz CT molecular complexity index is 654. The van der Waals surface area contributed by atoms with E-state index >= 15 is 0 Å². The van der Waals surface area contributed by atoms with Gasteiger partial charge in [0, 0.05) is 25.7 Å². The Hall–Kier alpha value is -2.41. The minimum absolute atomic E-state index is 0.381. The van der Waals surface area contributed by atoms with Gasteiger partial charge >= 0.3 is 0 Å². The molecule has 0 aliphatic carbocycles. The molecule has 2 aromatic rings. The monoisotopic (exact) mass is 252 g/mol. The summed E-state index contributed by atoms with van der Waals surface area (Å²) in [5.74, 6) is 1.32. The van der Waals surface area contributed by atoms with Crippen LogP contribution in [0.5, 0.6) is 0 Å². The Morgan fingerprint density at radius 2 is 1.79 bits per heavy atom. The van der Waals surface area contributed by atoms with Crippen LogP contribution in [0.2, 0.25) is 0 Å². The fourth-order valence-electron chi connectivity index (χ4n) is 1.73. The smallest absolute Gasteiger partial charge is 0.162 e. The third-order valence-corrected chi connectivity index (χ3v) is 3.05. The van der Waals surface area contributed by atoms with E-state index in [4.69, 9.17) is 5.26 Å². The van der Waals surface area contributed by atoms with Crippen LogP contribution in [0.15, 0.2) is 24.3 Å². The van der Waals surface area contributed by atoms with E-state index < -0.39 is 0 Å². The Morgan fingerprint density at radius 1 is 1.05 bits per heavy atom. The molecule has 0 fully saturated rings. The van der Waals surface area contributed by atoms with E-state index in [0.29, 0.717) is 11.5 Å². The van der Waals surface area contributed by atoms with Crippen LogP contribution in [0.3, 0.4) is 0 Å². The second kappa shape index (κ2) is 5.07. The zero-order valence-corrected chi connectivity index (χ0v) is 11.6. The molecule has 0 saturated carbocycles. The Kier molecular flexibility index (Phi) is 3.48. The van der Waals surface area contributed by atoms with Gasteiger partial charge in [-0.3, -0.25) is 0 Å². The first-order valence-electron chi connectivity index (χ1n) is 6.05. The Labute approximate surface area is 113 Å². The molecule has 0 unspecified atom stereocenters. The number of nitriles is 1. The predicted octanol–water partition coefficient (Wildman–Crippen LogP) is 2.70. The third-order valence-electron chi connectivity index (χ3n) is 3.05. The topological polar surface area (TPSA) is 52.8 Å². The van der Waals surface area contributed by atoms with E-state index in [-0.39, 0.29) is 0 Å². The molecule has 1 aromatic carbocycles. The van der Waals surface area contributed by atoms with Crippen molar-refractivity contribution < 1.29 is 0 Å². The molecule has 1 heterocycles. The van der Waals surface area contributed by atoms with Crippen molar-refractivity contribution in [2.75, 3.05) is 19.0 Å². The van der Waals surface area contributed by atoms with Crippen LogP contribution in [-0.2, 0) is 0 Å². The highest BCUT2D eigenvalue weighted by Crippen LogP contribution is 2.21. The summed E-state index contributed by atoms with van der Waals surface area (Å²) < 4.78 is 0. The molecule has 0 bridgehead atoms. The lowest BCUT2D eigenvalue weighted by Gasteiger charge is -2.13. The van der Waals surface area contributed by atoms with Crippen molar-refractivity contribution in [3.63, 3.8) is 0 Å². The molecule has 4 nitrogen and oxygen atoms in total. The molecule has 0 spiro atoms. The summed E-state index contributed by atoms with van der Waals surface area (Å²) in [6.45, 7) is 4.12. The zero-order chi connectivity index (χ0) is 14.0.